The van der Waals surface area contributed by atoms with Crippen molar-refractivity contribution in [2.75, 3.05) is 40.0 Å². The number of methoxy groups -OCH3 is 1. The third-order valence-corrected chi connectivity index (χ3v) is 3.65. The lowest BCUT2D eigenvalue weighted by Crippen LogP contribution is -2.37. The molecule has 0 aromatic carbocycles. The summed E-state index contributed by atoms with van der Waals surface area (Å²) in [6, 6.07) is 0. The van der Waals surface area contributed by atoms with Gasteiger partial charge in [-0.05, 0) is 31.1 Å². The predicted octanol–water partition coefficient (Wildman–Crippen LogP) is 2.70. The third kappa shape index (κ3) is 7.74. The Morgan fingerprint density at radius 2 is 1.94 bits per heavy atom. The molecule has 0 saturated heterocycles. The summed E-state index contributed by atoms with van der Waals surface area (Å²) >= 11 is 0. The summed E-state index contributed by atoms with van der Waals surface area (Å²) in [5.74, 6) is 0.680. The van der Waals surface area contributed by atoms with Gasteiger partial charge in [-0.1, -0.05) is 20.8 Å². The van der Waals surface area contributed by atoms with Gasteiger partial charge in [-0.2, -0.15) is 0 Å². The molecule has 0 radical (unpaired) electrons. The molecule has 0 heterocycles. The Morgan fingerprint density at radius 1 is 1.24 bits per heavy atom. The molecule has 0 bridgehead atoms. The highest BCUT2D eigenvalue weighted by molar-refractivity contribution is 4.80. The second kappa shape index (κ2) is 9.86. The van der Waals surface area contributed by atoms with Crippen molar-refractivity contribution in [1.82, 2.24) is 5.32 Å². The molecule has 0 spiro atoms. The molecular weight excluding hydrogens is 214 g/mol. The van der Waals surface area contributed by atoms with E-state index in [0.29, 0.717) is 11.3 Å². The zero-order valence-corrected chi connectivity index (χ0v) is 12.3. The minimum absolute atomic E-state index is 0.352. The largest absolute Gasteiger partial charge is 0.383 e. The van der Waals surface area contributed by atoms with Crippen LogP contribution in [0, 0.1) is 11.3 Å². The second-order valence-electron chi connectivity index (χ2n) is 5.28. The molecule has 3 nitrogen and oxygen atoms in total. The molecular formula is C14H31NO2. The second-order valence-corrected chi connectivity index (χ2v) is 5.28. The first kappa shape index (κ1) is 16.9. The van der Waals surface area contributed by atoms with Crippen LogP contribution < -0.4 is 5.32 Å². The van der Waals surface area contributed by atoms with Crippen LogP contribution >= 0.6 is 0 Å². The van der Waals surface area contributed by atoms with E-state index in [1.165, 1.54) is 6.42 Å². The highest BCUT2D eigenvalue weighted by atomic mass is 16.5. The average Bonchev–Trinajstić information content (AvgIpc) is 2.30. The van der Waals surface area contributed by atoms with Crippen molar-refractivity contribution in [1.29, 1.82) is 0 Å². The molecule has 1 unspecified atom stereocenters. The first-order valence-corrected chi connectivity index (χ1v) is 6.84. The quantitative estimate of drug-likeness (QED) is 0.568. The average molecular weight is 245 g/mol. The molecule has 17 heavy (non-hydrogen) atoms. The molecule has 104 valence electrons. The van der Waals surface area contributed by atoms with Gasteiger partial charge in [-0.3, -0.25) is 0 Å². The first-order valence-electron chi connectivity index (χ1n) is 6.84. The molecule has 0 aliphatic rings. The van der Waals surface area contributed by atoms with Crippen molar-refractivity contribution in [3.05, 3.63) is 0 Å². The topological polar surface area (TPSA) is 30.5 Å². The number of nitrogens with one attached hydrogen (secondary N) is 1. The maximum Gasteiger partial charge on any atom is 0.0587 e. The molecule has 0 aliphatic carbocycles. The Balaban J connectivity index is 3.90. The van der Waals surface area contributed by atoms with E-state index in [0.717, 1.165) is 39.3 Å². The Hall–Kier alpha value is -0.120. The van der Waals surface area contributed by atoms with E-state index in [1.807, 2.05) is 6.92 Å². The number of hydrogen-bond acceptors (Lipinski definition) is 3. The van der Waals surface area contributed by atoms with Gasteiger partial charge >= 0.3 is 0 Å². The van der Waals surface area contributed by atoms with Crippen molar-refractivity contribution in [2.45, 2.75) is 40.5 Å². The molecule has 0 aliphatic heterocycles. The molecule has 0 aromatic heterocycles. The molecule has 1 N–H and O–H groups in total. The van der Waals surface area contributed by atoms with Crippen LogP contribution in [-0.4, -0.2) is 40.0 Å². The standard InChI is InChI=1S/C14H31NO2/c1-6-17-10-7-8-14(4,13(2)3)12-15-9-11-16-5/h13,15H,6-12H2,1-5H3. The highest BCUT2D eigenvalue weighted by Crippen LogP contribution is 2.31. The van der Waals surface area contributed by atoms with Crippen molar-refractivity contribution in [2.24, 2.45) is 11.3 Å². The lowest BCUT2D eigenvalue weighted by Gasteiger charge is -2.34. The first-order chi connectivity index (χ1) is 8.06. The minimum Gasteiger partial charge on any atom is -0.383 e. The van der Waals surface area contributed by atoms with Gasteiger partial charge in [0.1, 0.15) is 0 Å². The maximum absolute atomic E-state index is 5.41. The molecule has 1 atom stereocenters. The van der Waals surface area contributed by atoms with Crippen LogP contribution in [0.2, 0.25) is 0 Å². The van der Waals surface area contributed by atoms with Gasteiger partial charge in [-0.25, -0.2) is 0 Å². The van der Waals surface area contributed by atoms with Crippen LogP contribution in [0.15, 0.2) is 0 Å². The summed E-state index contributed by atoms with van der Waals surface area (Å²) in [7, 11) is 1.74. The van der Waals surface area contributed by atoms with E-state index < -0.39 is 0 Å². The smallest absolute Gasteiger partial charge is 0.0587 e. The molecule has 3 heteroatoms. The van der Waals surface area contributed by atoms with Crippen LogP contribution in [0.4, 0.5) is 0 Å². The lowest BCUT2D eigenvalue weighted by atomic mass is 9.75. The third-order valence-electron chi connectivity index (χ3n) is 3.65. The molecule has 0 saturated carbocycles. The summed E-state index contributed by atoms with van der Waals surface area (Å²) in [4.78, 5) is 0. The zero-order valence-electron chi connectivity index (χ0n) is 12.3. The van der Waals surface area contributed by atoms with Crippen LogP contribution in [0.1, 0.15) is 40.5 Å². The Kier molecular flexibility index (Phi) is 9.79. The van der Waals surface area contributed by atoms with Crippen molar-refractivity contribution in [3.63, 3.8) is 0 Å². The maximum atomic E-state index is 5.41. The number of ether oxygens (including phenoxy) is 2. The van der Waals surface area contributed by atoms with Crippen LogP contribution in [0.3, 0.4) is 0 Å². The molecule has 0 rings (SSSR count). The molecule has 0 aromatic rings. The van der Waals surface area contributed by atoms with E-state index >= 15 is 0 Å². The monoisotopic (exact) mass is 245 g/mol. The van der Waals surface area contributed by atoms with Gasteiger partial charge in [0.2, 0.25) is 0 Å². The normalized spacial score (nSPS) is 15.2. The predicted molar refractivity (Wildman–Crippen MR) is 73.4 cm³/mol. The van der Waals surface area contributed by atoms with Crippen molar-refractivity contribution in [3.8, 4) is 0 Å². The zero-order chi connectivity index (χ0) is 13.1. The summed E-state index contributed by atoms with van der Waals surface area (Å²) in [6.45, 7) is 13.5. The van der Waals surface area contributed by atoms with Gasteiger partial charge in [0.25, 0.3) is 0 Å². The Bertz CT molecular complexity index is 160. The van der Waals surface area contributed by atoms with Crippen molar-refractivity contribution < 1.29 is 9.47 Å². The number of hydrogen-bond donors (Lipinski definition) is 1. The van der Waals surface area contributed by atoms with Gasteiger partial charge in [0.05, 0.1) is 6.61 Å². The number of rotatable bonds is 11. The van der Waals surface area contributed by atoms with E-state index in [1.54, 1.807) is 7.11 Å². The Morgan fingerprint density at radius 3 is 2.47 bits per heavy atom. The minimum atomic E-state index is 0.352. The fraction of sp³-hybridized carbons (Fsp3) is 1.00. The van der Waals surface area contributed by atoms with E-state index in [-0.39, 0.29) is 0 Å². The van der Waals surface area contributed by atoms with Crippen LogP contribution in [0.5, 0.6) is 0 Å². The Labute approximate surface area is 107 Å². The van der Waals surface area contributed by atoms with Gasteiger partial charge in [0.15, 0.2) is 0 Å². The van der Waals surface area contributed by atoms with Gasteiger partial charge in [-0.15, -0.1) is 0 Å². The SMILES string of the molecule is CCOCCCC(C)(CNCCOC)C(C)C. The fourth-order valence-corrected chi connectivity index (χ4v) is 1.85. The van der Waals surface area contributed by atoms with Gasteiger partial charge < -0.3 is 14.8 Å². The highest BCUT2D eigenvalue weighted by Gasteiger charge is 2.27. The van der Waals surface area contributed by atoms with E-state index in [4.69, 9.17) is 9.47 Å². The summed E-state index contributed by atoms with van der Waals surface area (Å²) in [5.41, 5.74) is 0.352. The van der Waals surface area contributed by atoms with E-state index in [2.05, 4.69) is 26.1 Å². The van der Waals surface area contributed by atoms with Crippen molar-refractivity contribution >= 4 is 0 Å². The molecule has 0 fully saturated rings. The summed E-state index contributed by atoms with van der Waals surface area (Å²) < 4.78 is 10.5. The lowest BCUT2D eigenvalue weighted by molar-refractivity contribution is 0.114. The summed E-state index contributed by atoms with van der Waals surface area (Å²) in [5, 5.41) is 3.48. The molecule has 0 amide bonds. The van der Waals surface area contributed by atoms with Crippen LogP contribution in [-0.2, 0) is 9.47 Å². The fourth-order valence-electron chi connectivity index (χ4n) is 1.85. The van der Waals surface area contributed by atoms with E-state index in [9.17, 15) is 0 Å². The van der Waals surface area contributed by atoms with Gasteiger partial charge in [0, 0.05) is 33.4 Å². The van der Waals surface area contributed by atoms with Crippen LogP contribution in [0.25, 0.3) is 0 Å². The summed E-state index contributed by atoms with van der Waals surface area (Å²) in [6.07, 6.45) is 2.36.